The van der Waals surface area contributed by atoms with Crippen LogP contribution >= 0.6 is 11.6 Å². The van der Waals surface area contributed by atoms with E-state index in [1.807, 2.05) is 0 Å². The highest BCUT2D eigenvalue weighted by Crippen LogP contribution is 2.18. The Labute approximate surface area is 86.9 Å². The number of ketones is 1. The lowest BCUT2D eigenvalue weighted by molar-refractivity contribution is -0.117. The van der Waals surface area contributed by atoms with Gasteiger partial charge in [-0.15, -0.1) is 0 Å². The first kappa shape index (κ1) is 11.1. The molecule has 0 unspecified atom stereocenters. The minimum atomic E-state index is -0.343. The molecule has 0 aliphatic rings. The lowest BCUT2D eigenvalue weighted by Gasteiger charge is -2.02. The van der Waals surface area contributed by atoms with Crippen molar-refractivity contribution >= 4 is 17.4 Å². The number of carbonyl (C=O) groups is 1. The topological polar surface area (TPSA) is 43.1 Å². The second-order valence-corrected chi connectivity index (χ2v) is 3.39. The summed E-state index contributed by atoms with van der Waals surface area (Å²) in [5.41, 5.74) is 5.79. The van der Waals surface area contributed by atoms with Crippen LogP contribution in [-0.2, 0) is 11.2 Å². The Kier molecular flexibility index (Phi) is 4.04. The molecule has 0 aromatic heterocycles. The summed E-state index contributed by atoms with van der Waals surface area (Å²) in [5.74, 6) is -0.394. The van der Waals surface area contributed by atoms with E-state index in [2.05, 4.69) is 0 Å². The van der Waals surface area contributed by atoms with Crippen molar-refractivity contribution in [3.63, 3.8) is 0 Å². The molecule has 0 amide bonds. The smallest absolute Gasteiger partial charge is 0.146 e. The zero-order valence-electron chi connectivity index (χ0n) is 7.59. The van der Waals surface area contributed by atoms with Gasteiger partial charge in [-0.25, -0.2) is 4.39 Å². The van der Waals surface area contributed by atoms with E-state index in [1.165, 1.54) is 18.2 Å². The highest BCUT2D eigenvalue weighted by atomic mass is 35.5. The highest BCUT2D eigenvalue weighted by molar-refractivity contribution is 6.31. The van der Waals surface area contributed by atoms with Crippen LogP contribution in [0.5, 0.6) is 0 Å². The lowest BCUT2D eigenvalue weighted by Crippen LogP contribution is -2.13. The first-order valence-corrected chi connectivity index (χ1v) is 4.67. The summed E-state index contributed by atoms with van der Waals surface area (Å²) in [7, 11) is 0. The number of halogens is 2. The van der Waals surface area contributed by atoms with Crippen LogP contribution in [0.25, 0.3) is 0 Å². The molecule has 0 spiro atoms. The van der Waals surface area contributed by atoms with Crippen LogP contribution in [-0.4, -0.2) is 12.3 Å². The molecule has 1 aromatic carbocycles. The first-order chi connectivity index (χ1) is 6.63. The predicted molar refractivity (Wildman–Crippen MR) is 53.8 cm³/mol. The van der Waals surface area contributed by atoms with Crippen molar-refractivity contribution in [3.8, 4) is 0 Å². The van der Waals surface area contributed by atoms with Crippen molar-refractivity contribution < 1.29 is 9.18 Å². The van der Waals surface area contributed by atoms with E-state index < -0.39 is 0 Å². The maximum Gasteiger partial charge on any atom is 0.146 e. The largest absolute Gasteiger partial charge is 0.324 e. The molecule has 0 atom stereocenters. The van der Waals surface area contributed by atoms with Gasteiger partial charge in [-0.05, 0) is 30.2 Å². The van der Waals surface area contributed by atoms with Crippen LogP contribution in [0.2, 0.25) is 5.02 Å². The summed E-state index contributed by atoms with van der Waals surface area (Å²) in [4.78, 5) is 10.9. The third-order valence-electron chi connectivity index (χ3n) is 1.91. The molecule has 2 nitrogen and oxygen atoms in total. The number of carbonyl (C=O) groups excluding carboxylic acids is 1. The van der Waals surface area contributed by atoms with Gasteiger partial charge in [0.15, 0.2) is 0 Å². The Morgan fingerprint density at radius 1 is 1.50 bits per heavy atom. The third-order valence-corrected chi connectivity index (χ3v) is 2.28. The van der Waals surface area contributed by atoms with Gasteiger partial charge in [-0.2, -0.15) is 0 Å². The van der Waals surface area contributed by atoms with Gasteiger partial charge in [-0.1, -0.05) is 11.6 Å². The van der Waals surface area contributed by atoms with Gasteiger partial charge in [-0.3, -0.25) is 4.79 Å². The average molecular weight is 216 g/mol. The van der Waals surface area contributed by atoms with Crippen LogP contribution < -0.4 is 5.73 Å². The molecule has 76 valence electrons. The maximum absolute atomic E-state index is 12.8. The molecule has 0 radical (unpaired) electrons. The summed E-state index contributed by atoms with van der Waals surface area (Å²) in [5, 5.41) is 0.483. The molecule has 4 heteroatoms. The molecular weight excluding hydrogens is 205 g/mol. The molecule has 0 heterocycles. The summed E-state index contributed by atoms with van der Waals surface area (Å²) < 4.78 is 12.8. The zero-order chi connectivity index (χ0) is 10.6. The number of hydrogen-bond donors (Lipinski definition) is 1. The Balaban J connectivity index is 2.66. The van der Waals surface area contributed by atoms with Crippen LogP contribution in [0, 0.1) is 5.82 Å². The molecule has 14 heavy (non-hydrogen) atoms. The Bertz CT molecular complexity index is 341. The van der Waals surface area contributed by atoms with Gasteiger partial charge in [0.1, 0.15) is 11.6 Å². The molecular formula is C10H11ClFNO. The van der Waals surface area contributed by atoms with Gasteiger partial charge in [0.05, 0.1) is 6.54 Å². The van der Waals surface area contributed by atoms with Crippen LogP contribution in [0.15, 0.2) is 18.2 Å². The van der Waals surface area contributed by atoms with E-state index >= 15 is 0 Å². The van der Waals surface area contributed by atoms with Gasteiger partial charge in [0.2, 0.25) is 0 Å². The fourth-order valence-electron chi connectivity index (χ4n) is 1.11. The van der Waals surface area contributed by atoms with Crippen molar-refractivity contribution in [3.05, 3.63) is 34.6 Å². The molecule has 1 rings (SSSR count). The standard InChI is InChI=1S/C10H11ClFNO/c11-10-4-2-8(12)5-7(10)1-3-9(14)6-13/h2,4-5H,1,3,6,13H2. The number of benzene rings is 1. The number of hydrogen-bond acceptors (Lipinski definition) is 2. The number of rotatable bonds is 4. The van der Waals surface area contributed by atoms with Gasteiger partial charge in [0.25, 0.3) is 0 Å². The van der Waals surface area contributed by atoms with Crippen LogP contribution in [0.3, 0.4) is 0 Å². The average Bonchev–Trinajstić information content (AvgIpc) is 2.19. The number of nitrogens with two attached hydrogens (primary N) is 1. The van der Waals surface area contributed by atoms with E-state index in [0.717, 1.165) is 0 Å². The quantitative estimate of drug-likeness (QED) is 0.834. The summed E-state index contributed by atoms with van der Waals surface area (Å²) in [6, 6.07) is 4.11. The van der Waals surface area contributed by atoms with Crippen molar-refractivity contribution in [2.24, 2.45) is 5.73 Å². The minimum absolute atomic E-state index is 0.0208. The first-order valence-electron chi connectivity index (χ1n) is 4.29. The summed E-state index contributed by atoms with van der Waals surface area (Å²) >= 11 is 5.81. The maximum atomic E-state index is 12.8. The molecule has 2 N–H and O–H groups in total. The van der Waals surface area contributed by atoms with Crippen LogP contribution in [0.4, 0.5) is 4.39 Å². The molecule has 0 saturated heterocycles. The number of aryl methyl sites for hydroxylation is 1. The molecule has 0 fully saturated rings. The minimum Gasteiger partial charge on any atom is -0.324 e. The van der Waals surface area contributed by atoms with E-state index in [9.17, 15) is 9.18 Å². The fraction of sp³-hybridized carbons (Fsp3) is 0.300. The summed E-state index contributed by atoms with van der Waals surface area (Å²) in [6.45, 7) is 0.0208. The normalized spacial score (nSPS) is 10.2. The molecule has 0 saturated carbocycles. The predicted octanol–water partition coefficient (Wildman–Crippen LogP) is 1.94. The van der Waals surface area contributed by atoms with Crippen molar-refractivity contribution in [2.75, 3.05) is 6.54 Å². The highest BCUT2D eigenvalue weighted by Gasteiger charge is 2.04. The van der Waals surface area contributed by atoms with Gasteiger partial charge < -0.3 is 5.73 Å². The monoisotopic (exact) mass is 215 g/mol. The van der Waals surface area contributed by atoms with E-state index in [1.54, 1.807) is 0 Å². The Hall–Kier alpha value is -0.930. The summed E-state index contributed by atoms with van der Waals surface area (Å²) in [6.07, 6.45) is 0.742. The van der Waals surface area contributed by atoms with E-state index in [4.69, 9.17) is 17.3 Å². The molecule has 0 aliphatic carbocycles. The molecule has 0 bridgehead atoms. The number of Topliss-reactive ketones (excluding diaryl/α,β-unsaturated/α-hetero) is 1. The van der Waals surface area contributed by atoms with Crippen LogP contribution in [0.1, 0.15) is 12.0 Å². The zero-order valence-corrected chi connectivity index (χ0v) is 8.35. The SMILES string of the molecule is NCC(=O)CCc1cc(F)ccc1Cl. The third kappa shape index (κ3) is 3.09. The van der Waals surface area contributed by atoms with Crippen molar-refractivity contribution in [1.29, 1.82) is 0 Å². The second kappa shape index (κ2) is 5.08. The van der Waals surface area contributed by atoms with E-state index in [0.29, 0.717) is 23.4 Å². The molecule has 1 aromatic rings. The fourth-order valence-corrected chi connectivity index (χ4v) is 1.32. The second-order valence-electron chi connectivity index (χ2n) is 2.98. The van der Waals surface area contributed by atoms with Gasteiger partial charge >= 0.3 is 0 Å². The van der Waals surface area contributed by atoms with Gasteiger partial charge in [0, 0.05) is 11.4 Å². The van der Waals surface area contributed by atoms with Crippen molar-refractivity contribution in [1.82, 2.24) is 0 Å². The Morgan fingerprint density at radius 3 is 2.86 bits per heavy atom. The van der Waals surface area contributed by atoms with Crippen molar-refractivity contribution in [2.45, 2.75) is 12.8 Å². The molecule has 0 aliphatic heterocycles. The lowest BCUT2D eigenvalue weighted by atomic mass is 10.1. The Morgan fingerprint density at radius 2 is 2.21 bits per heavy atom. The van der Waals surface area contributed by atoms with E-state index in [-0.39, 0.29) is 18.1 Å².